The Balaban J connectivity index is 1.66. The molecule has 176 valence electrons. The Kier molecular flexibility index (Phi) is 7.14. The normalized spacial score (nSPS) is 19.9. The number of aliphatic hydroxyl groups excluding tert-OH is 1. The van der Waals surface area contributed by atoms with Crippen molar-refractivity contribution in [3.63, 3.8) is 0 Å². The van der Waals surface area contributed by atoms with Crippen molar-refractivity contribution in [2.75, 3.05) is 33.1 Å². The van der Waals surface area contributed by atoms with Crippen LogP contribution in [0.4, 0.5) is 15.9 Å². The van der Waals surface area contributed by atoms with Crippen molar-refractivity contribution in [3.8, 4) is 11.5 Å². The Morgan fingerprint density at radius 3 is 2.85 bits per heavy atom. The number of hydrogen-bond acceptors (Lipinski definition) is 8. The highest BCUT2D eigenvalue weighted by Gasteiger charge is 2.32. The van der Waals surface area contributed by atoms with Gasteiger partial charge in [0.15, 0.2) is 17.3 Å². The minimum absolute atomic E-state index is 0.0182. The summed E-state index contributed by atoms with van der Waals surface area (Å²) in [6.07, 6.45) is 2.07. The summed E-state index contributed by atoms with van der Waals surface area (Å²) in [5.74, 6) is 0.921. The maximum Gasteiger partial charge on any atom is 0.165 e. The van der Waals surface area contributed by atoms with Crippen molar-refractivity contribution in [1.29, 1.82) is 0 Å². The summed E-state index contributed by atoms with van der Waals surface area (Å²) in [6.45, 7) is 0.786. The molecule has 0 saturated carbocycles. The fourth-order valence-electron chi connectivity index (χ4n) is 4.07. The number of rotatable bonds is 7. The summed E-state index contributed by atoms with van der Waals surface area (Å²) >= 11 is 5.92. The number of fused-ring (bicyclic) bond motifs is 1. The van der Waals surface area contributed by atoms with Gasteiger partial charge in [-0.05, 0) is 38.7 Å². The molecule has 3 atom stereocenters. The zero-order valence-corrected chi connectivity index (χ0v) is 19.4. The standard InChI is InChI=1S/C23H27ClFN5O3/c1-26-23(31)18-9-13(7-8-30(18)2)33-20-10-14-17(11-19(20)32-3)27-12-28-22(14)29-16-6-4-5-15(24)21(16)25/h4-6,10-13,18,23,26,31H,7-9H2,1-3H3,(H,27,28,29)/t13-,18+,23?/m1/s1. The van der Waals surface area contributed by atoms with E-state index in [-0.39, 0.29) is 22.9 Å². The first-order valence-electron chi connectivity index (χ1n) is 10.7. The molecule has 0 spiro atoms. The van der Waals surface area contributed by atoms with Gasteiger partial charge in [0.05, 0.1) is 29.4 Å². The van der Waals surface area contributed by atoms with E-state index in [1.807, 2.05) is 7.05 Å². The van der Waals surface area contributed by atoms with Gasteiger partial charge < -0.3 is 19.9 Å². The van der Waals surface area contributed by atoms with Crippen LogP contribution in [0.3, 0.4) is 0 Å². The molecule has 3 aromatic rings. The number of aromatic nitrogens is 2. The predicted octanol–water partition coefficient (Wildman–Crippen LogP) is 3.55. The first kappa shape index (κ1) is 23.4. The van der Waals surface area contributed by atoms with Gasteiger partial charge in [0.1, 0.15) is 24.5 Å². The lowest BCUT2D eigenvalue weighted by Gasteiger charge is -2.39. The van der Waals surface area contributed by atoms with Crippen LogP contribution in [0.2, 0.25) is 5.02 Å². The molecule has 10 heteroatoms. The summed E-state index contributed by atoms with van der Waals surface area (Å²) in [4.78, 5) is 10.7. The molecule has 2 heterocycles. The van der Waals surface area contributed by atoms with Crippen LogP contribution in [0.15, 0.2) is 36.7 Å². The van der Waals surface area contributed by atoms with Crippen LogP contribution in [0.25, 0.3) is 10.9 Å². The molecular formula is C23H27ClFN5O3. The number of nitrogens with one attached hydrogen (secondary N) is 2. The Hall–Kier alpha value is -2.72. The maximum atomic E-state index is 14.4. The number of likely N-dealkylation sites (N-methyl/N-ethyl adjacent to an activating group) is 2. The highest BCUT2D eigenvalue weighted by molar-refractivity contribution is 6.31. The number of hydrogen-bond donors (Lipinski definition) is 3. The average Bonchev–Trinajstić information content (AvgIpc) is 2.82. The molecule has 0 radical (unpaired) electrons. The third kappa shape index (κ3) is 4.96. The van der Waals surface area contributed by atoms with Crippen LogP contribution in [0.5, 0.6) is 11.5 Å². The largest absolute Gasteiger partial charge is 0.493 e. The van der Waals surface area contributed by atoms with Gasteiger partial charge in [0.2, 0.25) is 0 Å². The van der Waals surface area contributed by atoms with Crippen LogP contribution in [0.1, 0.15) is 12.8 Å². The van der Waals surface area contributed by atoms with Crippen LogP contribution in [0, 0.1) is 5.82 Å². The Labute approximate surface area is 196 Å². The Morgan fingerprint density at radius 2 is 2.09 bits per heavy atom. The van der Waals surface area contributed by atoms with Gasteiger partial charge in [-0.2, -0.15) is 0 Å². The average molecular weight is 476 g/mol. The molecule has 4 rings (SSSR count). The predicted molar refractivity (Wildman–Crippen MR) is 126 cm³/mol. The molecule has 33 heavy (non-hydrogen) atoms. The third-order valence-electron chi connectivity index (χ3n) is 5.95. The van der Waals surface area contributed by atoms with Gasteiger partial charge in [0, 0.05) is 24.4 Å². The van der Waals surface area contributed by atoms with E-state index >= 15 is 0 Å². The lowest BCUT2D eigenvalue weighted by molar-refractivity contribution is -0.0122. The highest BCUT2D eigenvalue weighted by atomic mass is 35.5. The van der Waals surface area contributed by atoms with E-state index < -0.39 is 12.0 Å². The lowest BCUT2D eigenvalue weighted by atomic mass is 9.98. The number of anilines is 2. The number of methoxy groups -OCH3 is 1. The topological polar surface area (TPSA) is 91.8 Å². The Bertz CT molecular complexity index is 1130. The van der Waals surface area contributed by atoms with Crippen molar-refractivity contribution in [2.45, 2.75) is 31.2 Å². The molecule has 0 aliphatic carbocycles. The second-order valence-electron chi connectivity index (χ2n) is 8.01. The summed E-state index contributed by atoms with van der Waals surface area (Å²) in [7, 11) is 5.28. The first-order valence-corrected chi connectivity index (χ1v) is 11.0. The zero-order chi connectivity index (χ0) is 23.5. The van der Waals surface area contributed by atoms with Gasteiger partial charge in [-0.3, -0.25) is 10.2 Å². The molecule has 1 unspecified atom stereocenters. The molecule has 0 bridgehead atoms. The third-order valence-corrected chi connectivity index (χ3v) is 6.25. The molecule has 1 saturated heterocycles. The molecule has 1 aliphatic heterocycles. The van der Waals surface area contributed by atoms with E-state index in [2.05, 4.69) is 25.5 Å². The number of aliphatic hydroxyl groups is 1. The number of halogens is 2. The SMILES string of the molecule is CNC(O)[C@@H]1C[C@H](Oc2cc3c(Nc4cccc(Cl)c4F)ncnc3cc2OC)CCN1C. The smallest absolute Gasteiger partial charge is 0.165 e. The van der Waals surface area contributed by atoms with E-state index in [4.69, 9.17) is 21.1 Å². The fraction of sp³-hybridized carbons (Fsp3) is 0.391. The maximum absolute atomic E-state index is 14.4. The first-order chi connectivity index (χ1) is 15.9. The van der Waals surface area contributed by atoms with E-state index in [1.165, 1.54) is 12.4 Å². The van der Waals surface area contributed by atoms with Crippen molar-refractivity contribution in [1.82, 2.24) is 20.2 Å². The molecule has 0 amide bonds. The molecule has 8 nitrogen and oxygen atoms in total. The summed E-state index contributed by atoms with van der Waals surface area (Å²) in [5.41, 5.74) is 0.825. The Morgan fingerprint density at radius 1 is 1.27 bits per heavy atom. The van der Waals surface area contributed by atoms with Crippen molar-refractivity contribution in [3.05, 3.63) is 47.5 Å². The molecule has 1 fully saturated rings. The lowest BCUT2D eigenvalue weighted by Crippen LogP contribution is -2.53. The highest BCUT2D eigenvalue weighted by Crippen LogP contribution is 2.37. The van der Waals surface area contributed by atoms with Crippen molar-refractivity contribution in [2.24, 2.45) is 0 Å². The van der Waals surface area contributed by atoms with Crippen LogP contribution in [-0.2, 0) is 0 Å². The van der Waals surface area contributed by atoms with Gasteiger partial charge >= 0.3 is 0 Å². The molecule has 1 aromatic heterocycles. The van der Waals surface area contributed by atoms with Crippen LogP contribution < -0.4 is 20.1 Å². The molecular weight excluding hydrogens is 449 g/mol. The fourth-order valence-corrected chi connectivity index (χ4v) is 4.25. The second-order valence-corrected chi connectivity index (χ2v) is 8.42. The molecule has 1 aliphatic rings. The second kappa shape index (κ2) is 10.0. The number of piperidine rings is 1. The zero-order valence-electron chi connectivity index (χ0n) is 18.7. The van der Waals surface area contributed by atoms with E-state index in [0.717, 1.165) is 13.0 Å². The minimum atomic E-state index is -0.656. The van der Waals surface area contributed by atoms with Gasteiger partial charge in [-0.15, -0.1) is 0 Å². The molecule has 3 N–H and O–H groups in total. The van der Waals surface area contributed by atoms with Crippen molar-refractivity contribution >= 4 is 34.0 Å². The quantitative estimate of drug-likeness (QED) is 0.447. The van der Waals surface area contributed by atoms with Crippen molar-refractivity contribution < 1.29 is 19.0 Å². The molecule has 2 aromatic carbocycles. The van der Waals surface area contributed by atoms with E-state index in [1.54, 1.807) is 38.4 Å². The number of ether oxygens (including phenoxy) is 2. The van der Waals surface area contributed by atoms with Crippen LogP contribution in [-0.4, -0.2) is 66.1 Å². The monoisotopic (exact) mass is 475 g/mol. The number of nitrogens with zero attached hydrogens (tertiary/aromatic N) is 3. The summed E-state index contributed by atoms with van der Waals surface area (Å²) in [6, 6.07) is 8.21. The van der Waals surface area contributed by atoms with Crippen LogP contribution >= 0.6 is 11.6 Å². The van der Waals surface area contributed by atoms with Gasteiger partial charge in [-0.25, -0.2) is 14.4 Å². The summed E-state index contributed by atoms with van der Waals surface area (Å²) < 4.78 is 26.3. The number of likely N-dealkylation sites (tertiary alicyclic amines) is 1. The van der Waals surface area contributed by atoms with E-state index in [9.17, 15) is 9.50 Å². The summed E-state index contributed by atoms with van der Waals surface area (Å²) in [5, 5.41) is 16.9. The van der Waals surface area contributed by atoms with Gasteiger partial charge in [-0.1, -0.05) is 17.7 Å². The minimum Gasteiger partial charge on any atom is -0.493 e. The van der Waals surface area contributed by atoms with E-state index in [0.29, 0.717) is 34.6 Å². The van der Waals surface area contributed by atoms with Gasteiger partial charge in [0.25, 0.3) is 0 Å². The number of benzene rings is 2.